The molecule has 2 fully saturated rings. The maximum atomic E-state index is 13.3. The molecule has 4 aromatic rings. The number of nitrogens with zero attached hydrogens (tertiary/aromatic N) is 4. The third-order valence-electron chi connectivity index (χ3n) is 8.75. The van der Waals surface area contributed by atoms with Gasteiger partial charge in [-0.15, -0.1) is 27.8 Å². The van der Waals surface area contributed by atoms with E-state index in [2.05, 4.69) is 15.2 Å². The van der Waals surface area contributed by atoms with Crippen LogP contribution in [0.4, 0.5) is 0 Å². The fourth-order valence-corrected chi connectivity index (χ4v) is 7.99. The number of aromatic nitrogens is 3. The van der Waals surface area contributed by atoms with Crippen LogP contribution in [0.25, 0.3) is 11.0 Å². The molecule has 1 aromatic carbocycles. The van der Waals surface area contributed by atoms with Gasteiger partial charge in [0.05, 0.1) is 15.3 Å². The molecule has 0 unspecified atom stereocenters. The van der Waals surface area contributed by atoms with Gasteiger partial charge < -0.3 is 14.7 Å². The topological polar surface area (TPSA) is 97.5 Å². The maximum Gasteiger partial charge on any atom is 0.349 e. The molecule has 210 valence electrons. The number of thiophene rings is 2. The number of esters is 1. The summed E-state index contributed by atoms with van der Waals surface area (Å²) in [4.78, 5) is 28.1. The molecule has 1 saturated carbocycles. The Morgan fingerprint density at radius 3 is 2.38 bits per heavy atom. The predicted octanol–water partition coefficient (Wildman–Crippen LogP) is 5.26. The van der Waals surface area contributed by atoms with Gasteiger partial charge in [0.15, 0.2) is 0 Å². The second-order valence-corrected chi connectivity index (χ2v) is 13.0. The first-order valence-electron chi connectivity index (χ1n) is 14.0. The van der Waals surface area contributed by atoms with Crippen molar-refractivity contribution in [1.82, 2.24) is 19.9 Å². The molecule has 40 heavy (non-hydrogen) atoms. The van der Waals surface area contributed by atoms with Crippen molar-refractivity contribution in [1.29, 1.82) is 0 Å². The van der Waals surface area contributed by atoms with E-state index in [-0.39, 0.29) is 6.10 Å². The Morgan fingerprint density at radius 2 is 1.75 bits per heavy atom. The van der Waals surface area contributed by atoms with Gasteiger partial charge in [-0.3, -0.25) is 4.79 Å². The van der Waals surface area contributed by atoms with E-state index in [1.165, 1.54) is 35.5 Å². The number of piperidine rings is 1. The van der Waals surface area contributed by atoms with Crippen LogP contribution in [-0.4, -0.2) is 63.0 Å². The van der Waals surface area contributed by atoms with Crippen molar-refractivity contribution in [3.63, 3.8) is 0 Å². The van der Waals surface area contributed by atoms with Crippen LogP contribution < -0.4 is 0 Å². The second-order valence-electron chi connectivity index (χ2n) is 11.1. The molecule has 8 nitrogen and oxygen atoms in total. The third-order valence-corrected chi connectivity index (χ3v) is 10.7. The Morgan fingerprint density at radius 1 is 1.05 bits per heavy atom. The van der Waals surface area contributed by atoms with Crippen LogP contribution in [-0.2, 0) is 21.7 Å². The molecule has 10 heteroatoms. The monoisotopic (exact) mass is 578 g/mol. The standard InChI is InChI=1S/C30H34N4O4S2/c35-21-22-6-7-25-24(20-22)31-32-34(25)15-3-14-33-16-12-29(13-17-33)10-8-23(9-11-29)38-28(36)30(37,26-4-1-18-39-26)27-5-2-19-40-27/h1-2,4-7,18-21,23,37H,3,8-17H2. The summed E-state index contributed by atoms with van der Waals surface area (Å²) in [5.74, 6) is -0.558. The summed E-state index contributed by atoms with van der Waals surface area (Å²) < 4.78 is 7.90. The fraction of sp³-hybridized carbons (Fsp3) is 0.467. The summed E-state index contributed by atoms with van der Waals surface area (Å²) in [6, 6.07) is 12.8. The van der Waals surface area contributed by atoms with Crippen molar-refractivity contribution in [2.24, 2.45) is 5.41 Å². The smallest absolute Gasteiger partial charge is 0.349 e. The molecule has 1 saturated heterocycles. The zero-order chi connectivity index (χ0) is 27.6. The summed E-state index contributed by atoms with van der Waals surface area (Å²) in [6.07, 6.45) is 7.83. The number of aryl methyl sites for hydroxylation is 1. The van der Waals surface area contributed by atoms with Gasteiger partial charge in [0.1, 0.15) is 17.9 Å². The Balaban J connectivity index is 0.974. The molecule has 1 spiro atoms. The normalized spacial score (nSPS) is 18.3. The van der Waals surface area contributed by atoms with E-state index in [0.29, 0.717) is 20.7 Å². The predicted molar refractivity (Wildman–Crippen MR) is 156 cm³/mol. The van der Waals surface area contributed by atoms with Gasteiger partial charge in [0.2, 0.25) is 5.60 Å². The first kappa shape index (κ1) is 27.3. The largest absolute Gasteiger partial charge is 0.460 e. The summed E-state index contributed by atoms with van der Waals surface area (Å²) >= 11 is 2.75. The fourth-order valence-electron chi connectivity index (χ4n) is 6.27. The van der Waals surface area contributed by atoms with Gasteiger partial charge >= 0.3 is 5.97 Å². The van der Waals surface area contributed by atoms with E-state index in [4.69, 9.17) is 4.74 Å². The first-order valence-corrected chi connectivity index (χ1v) is 15.8. The molecule has 1 aliphatic heterocycles. The van der Waals surface area contributed by atoms with E-state index < -0.39 is 11.6 Å². The van der Waals surface area contributed by atoms with E-state index in [1.807, 2.05) is 39.7 Å². The van der Waals surface area contributed by atoms with E-state index in [1.54, 1.807) is 18.2 Å². The van der Waals surface area contributed by atoms with Crippen LogP contribution in [0.15, 0.2) is 53.2 Å². The van der Waals surface area contributed by atoms with Crippen molar-refractivity contribution < 1.29 is 19.4 Å². The number of fused-ring (bicyclic) bond motifs is 1. The van der Waals surface area contributed by atoms with Crippen molar-refractivity contribution in [3.8, 4) is 0 Å². The van der Waals surface area contributed by atoms with E-state index >= 15 is 0 Å². The van der Waals surface area contributed by atoms with E-state index in [0.717, 1.165) is 75.6 Å². The van der Waals surface area contributed by atoms with Crippen LogP contribution >= 0.6 is 22.7 Å². The minimum Gasteiger partial charge on any atom is -0.460 e. The highest BCUT2D eigenvalue weighted by Crippen LogP contribution is 2.46. The van der Waals surface area contributed by atoms with Gasteiger partial charge in [-0.1, -0.05) is 17.3 Å². The van der Waals surface area contributed by atoms with Crippen molar-refractivity contribution in [2.75, 3.05) is 19.6 Å². The minimum atomic E-state index is -1.74. The third kappa shape index (κ3) is 5.37. The number of hydrogen-bond donors (Lipinski definition) is 1. The Hall–Kier alpha value is -2.92. The van der Waals surface area contributed by atoms with Crippen LogP contribution in [0, 0.1) is 5.41 Å². The molecule has 0 bridgehead atoms. The Bertz CT molecular complexity index is 1400. The van der Waals surface area contributed by atoms with Crippen LogP contribution in [0.1, 0.15) is 65.1 Å². The zero-order valence-corrected chi connectivity index (χ0v) is 24.0. The van der Waals surface area contributed by atoms with E-state index in [9.17, 15) is 14.7 Å². The number of aliphatic hydroxyl groups is 1. The highest BCUT2D eigenvalue weighted by molar-refractivity contribution is 7.12. The van der Waals surface area contributed by atoms with Gasteiger partial charge in [-0.05, 0) is 111 Å². The SMILES string of the molecule is O=Cc1ccc2c(c1)nnn2CCCN1CCC2(CCC(OC(=O)C(O)(c3cccs3)c3cccs3)CC2)CC1. The molecule has 0 atom stereocenters. The Kier molecular flexibility index (Phi) is 7.85. The number of likely N-dealkylation sites (tertiary alicyclic amines) is 1. The van der Waals surface area contributed by atoms with Crippen molar-refractivity contribution in [2.45, 2.75) is 63.2 Å². The van der Waals surface area contributed by atoms with Gasteiger partial charge in [0, 0.05) is 12.1 Å². The maximum absolute atomic E-state index is 13.3. The molecule has 1 N–H and O–H groups in total. The average molecular weight is 579 g/mol. The van der Waals surface area contributed by atoms with Crippen LogP contribution in [0.5, 0.6) is 0 Å². The second kappa shape index (κ2) is 11.5. The summed E-state index contributed by atoms with van der Waals surface area (Å²) in [5, 5.41) is 23.8. The molecule has 0 amide bonds. The van der Waals surface area contributed by atoms with Crippen LogP contribution in [0.3, 0.4) is 0 Å². The van der Waals surface area contributed by atoms with Crippen molar-refractivity contribution >= 4 is 46.0 Å². The number of hydrogen-bond acceptors (Lipinski definition) is 9. The van der Waals surface area contributed by atoms with Gasteiger partial charge in [-0.25, -0.2) is 9.48 Å². The van der Waals surface area contributed by atoms with Gasteiger partial charge in [0.25, 0.3) is 0 Å². The molecule has 6 rings (SSSR count). The number of carbonyl (C=O) groups excluding carboxylic acids is 2. The lowest BCUT2D eigenvalue weighted by molar-refractivity contribution is -0.170. The summed E-state index contributed by atoms with van der Waals surface area (Å²) in [7, 11) is 0. The summed E-state index contributed by atoms with van der Waals surface area (Å²) in [5.41, 5.74) is 0.931. The van der Waals surface area contributed by atoms with Crippen LogP contribution in [0.2, 0.25) is 0 Å². The number of ether oxygens (including phenoxy) is 1. The molecule has 0 radical (unpaired) electrons. The molecule has 2 aliphatic rings. The first-order chi connectivity index (χ1) is 19.5. The summed E-state index contributed by atoms with van der Waals surface area (Å²) in [6.45, 7) is 3.99. The average Bonchev–Trinajstić information content (AvgIpc) is 3.78. The molecular formula is C30H34N4O4S2. The van der Waals surface area contributed by atoms with Crippen molar-refractivity contribution in [3.05, 3.63) is 68.5 Å². The number of carbonyl (C=O) groups is 2. The lowest BCUT2D eigenvalue weighted by Crippen LogP contribution is -2.44. The molecule has 1 aliphatic carbocycles. The minimum absolute atomic E-state index is 0.150. The molecule has 4 heterocycles. The zero-order valence-electron chi connectivity index (χ0n) is 22.4. The lowest BCUT2D eigenvalue weighted by atomic mass is 9.67. The number of aldehydes is 1. The lowest BCUT2D eigenvalue weighted by Gasteiger charge is -2.46. The number of rotatable bonds is 9. The molecular weight excluding hydrogens is 544 g/mol. The highest BCUT2D eigenvalue weighted by Gasteiger charge is 2.46. The quantitative estimate of drug-likeness (QED) is 0.214. The highest BCUT2D eigenvalue weighted by atomic mass is 32.1. The Labute approximate surface area is 241 Å². The molecule has 3 aromatic heterocycles. The number of benzene rings is 1. The van der Waals surface area contributed by atoms with Gasteiger partial charge in [-0.2, -0.15) is 0 Å².